The van der Waals surface area contributed by atoms with E-state index in [1.54, 1.807) is 0 Å². The zero-order valence-electron chi connectivity index (χ0n) is 8.98. The summed E-state index contributed by atoms with van der Waals surface area (Å²) in [5, 5.41) is -1.79. The van der Waals surface area contributed by atoms with Crippen LogP contribution in [-0.4, -0.2) is 55.1 Å². The van der Waals surface area contributed by atoms with Crippen LogP contribution in [-0.2, 0) is 0 Å². The second-order valence-corrected chi connectivity index (χ2v) is 10.1. The second-order valence-electron chi connectivity index (χ2n) is 3.69. The molecule has 0 aromatic heterocycles. The minimum atomic E-state index is -4.98. The SMILES string of the molecule is CC([Si](F)(F)N(C)C)[Si](F)(F)N(C)C. The van der Waals surface area contributed by atoms with Crippen LogP contribution >= 0.6 is 0 Å². The van der Waals surface area contributed by atoms with Crippen molar-refractivity contribution < 1.29 is 16.4 Å². The molecule has 14 heavy (non-hydrogen) atoms. The first kappa shape index (κ1) is 14.1. The maximum atomic E-state index is 13.4. The lowest BCUT2D eigenvalue weighted by molar-refractivity contribution is 0.373. The summed E-state index contributed by atoms with van der Waals surface area (Å²) >= 11 is 0. The van der Waals surface area contributed by atoms with Gasteiger partial charge < -0.3 is 0 Å². The molecule has 0 unspecified atom stereocenters. The van der Waals surface area contributed by atoms with E-state index in [4.69, 9.17) is 0 Å². The molecule has 0 aromatic carbocycles. The fraction of sp³-hybridized carbons (Fsp3) is 1.00. The van der Waals surface area contributed by atoms with E-state index in [-0.39, 0.29) is 0 Å². The molecule has 0 bridgehead atoms. The van der Waals surface area contributed by atoms with Crippen LogP contribution in [0, 0.1) is 0 Å². The Hall–Kier alpha value is 0.0738. The molecule has 0 amide bonds. The Morgan fingerprint density at radius 3 is 1.14 bits per heavy atom. The van der Waals surface area contributed by atoms with E-state index >= 15 is 0 Å². The fourth-order valence-electron chi connectivity index (χ4n) is 0.984. The highest BCUT2D eigenvalue weighted by Crippen LogP contribution is 2.37. The van der Waals surface area contributed by atoms with Gasteiger partial charge >= 0.3 is 17.8 Å². The molecule has 86 valence electrons. The van der Waals surface area contributed by atoms with Gasteiger partial charge in [0, 0.05) is 0 Å². The third-order valence-electron chi connectivity index (χ3n) is 2.23. The highest BCUT2D eigenvalue weighted by atomic mass is 28.5. The number of nitrogens with zero attached hydrogens (tertiary/aromatic N) is 2. The van der Waals surface area contributed by atoms with Crippen LogP contribution in [0.2, 0.25) is 5.16 Å². The molecule has 0 radical (unpaired) electrons. The Morgan fingerprint density at radius 1 is 0.786 bits per heavy atom. The van der Waals surface area contributed by atoms with Crippen molar-refractivity contribution in [1.29, 1.82) is 0 Å². The molecule has 0 rings (SSSR count). The van der Waals surface area contributed by atoms with Gasteiger partial charge in [0.1, 0.15) is 0 Å². The number of rotatable bonds is 4. The van der Waals surface area contributed by atoms with Crippen molar-refractivity contribution in [2.45, 2.75) is 12.1 Å². The van der Waals surface area contributed by atoms with Gasteiger partial charge in [-0.25, -0.2) is 0 Å². The molecule has 0 fully saturated rings. The van der Waals surface area contributed by atoms with E-state index in [2.05, 4.69) is 0 Å². The average Bonchev–Trinajstić information content (AvgIpc) is 2.02. The van der Waals surface area contributed by atoms with Crippen molar-refractivity contribution in [3.05, 3.63) is 0 Å². The fourth-order valence-corrected chi connectivity index (χ4v) is 5.75. The van der Waals surface area contributed by atoms with Crippen molar-refractivity contribution in [3.8, 4) is 0 Å². The number of halogens is 4. The smallest absolute Gasteiger partial charge is 0.279 e. The molecule has 0 atom stereocenters. The van der Waals surface area contributed by atoms with Gasteiger partial charge in [-0.05, 0) is 28.2 Å². The molecule has 2 nitrogen and oxygen atoms in total. The van der Waals surface area contributed by atoms with Gasteiger partial charge in [-0.2, -0.15) is 0 Å². The maximum absolute atomic E-state index is 13.4. The lowest BCUT2D eigenvalue weighted by Gasteiger charge is -2.32. The van der Waals surface area contributed by atoms with Gasteiger partial charge in [-0.3, -0.25) is 25.6 Å². The van der Waals surface area contributed by atoms with Gasteiger partial charge in [0.15, 0.2) is 0 Å². The molecular formula is C6H16F4N2Si2. The van der Waals surface area contributed by atoms with Crippen LogP contribution in [0.4, 0.5) is 16.4 Å². The maximum Gasteiger partial charge on any atom is 0.513 e. The highest BCUT2D eigenvalue weighted by Gasteiger charge is 2.62. The Bertz CT molecular complexity index is 178. The Balaban J connectivity index is 4.85. The second kappa shape index (κ2) is 4.29. The lowest BCUT2D eigenvalue weighted by atomic mass is 10.9. The molecule has 0 heterocycles. The van der Waals surface area contributed by atoms with E-state index in [1.807, 2.05) is 0 Å². The molecule has 0 aliphatic carbocycles. The van der Waals surface area contributed by atoms with Crippen molar-refractivity contribution >= 4 is 17.8 Å². The molecular weight excluding hydrogens is 232 g/mol. The standard InChI is InChI=1S/C6H16F4N2Si2/c1-6(13(7,8)11(2)3)14(9,10)12(4)5/h6H,1-5H3. The lowest BCUT2D eigenvalue weighted by Crippen LogP contribution is -2.58. The quantitative estimate of drug-likeness (QED) is 0.425. The topological polar surface area (TPSA) is 6.48 Å². The molecule has 0 aliphatic heterocycles. The Kier molecular flexibility index (Phi) is 4.31. The third-order valence-corrected chi connectivity index (χ3v) is 8.79. The zero-order valence-corrected chi connectivity index (χ0v) is 11.0. The minimum Gasteiger partial charge on any atom is -0.279 e. The van der Waals surface area contributed by atoms with Crippen LogP contribution in [0.3, 0.4) is 0 Å². The molecule has 0 aliphatic rings. The minimum absolute atomic E-state index is 0.669. The predicted molar refractivity (Wildman–Crippen MR) is 52.7 cm³/mol. The monoisotopic (exact) mass is 248 g/mol. The third kappa shape index (κ3) is 2.55. The summed E-state index contributed by atoms with van der Waals surface area (Å²) in [5.41, 5.74) is 0. The van der Waals surface area contributed by atoms with Crippen molar-refractivity contribution in [2.75, 3.05) is 28.2 Å². The van der Waals surface area contributed by atoms with E-state index < -0.39 is 23.0 Å². The summed E-state index contributed by atoms with van der Waals surface area (Å²) in [5.74, 6) is 0. The van der Waals surface area contributed by atoms with Gasteiger partial charge in [0.2, 0.25) is 0 Å². The zero-order chi connectivity index (χ0) is 11.7. The first-order chi connectivity index (χ1) is 6.04. The summed E-state index contributed by atoms with van der Waals surface area (Å²) in [6.07, 6.45) is 0. The summed E-state index contributed by atoms with van der Waals surface area (Å²) in [7, 11) is -5.34. The first-order valence-electron chi connectivity index (χ1n) is 4.15. The van der Waals surface area contributed by atoms with Gasteiger partial charge in [0.05, 0.1) is 5.16 Å². The van der Waals surface area contributed by atoms with Crippen molar-refractivity contribution in [3.63, 3.8) is 0 Å². The molecule has 0 saturated heterocycles. The van der Waals surface area contributed by atoms with Crippen LogP contribution < -0.4 is 0 Å². The summed E-state index contributed by atoms with van der Waals surface area (Å²) in [4.78, 5) is 0. The van der Waals surface area contributed by atoms with Crippen LogP contribution in [0.1, 0.15) is 6.92 Å². The molecule has 0 spiro atoms. The predicted octanol–water partition coefficient (Wildman–Crippen LogP) is 1.79. The molecule has 0 N–H and O–H groups in total. The van der Waals surface area contributed by atoms with E-state index in [0.717, 1.165) is 35.1 Å². The van der Waals surface area contributed by atoms with Crippen molar-refractivity contribution in [1.82, 2.24) is 9.13 Å². The van der Waals surface area contributed by atoms with E-state index in [0.29, 0.717) is 9.13 Å². The van der Waals surface area contributed by atoms with E-state index in [9.17, 15) is 16.4 Å². The van der Waals surface area contributed by atoms with Crippen molar-refractivity contribution in [2.24, 2.45) is 0 Å². The largest absolute Gasteiger partial charge is 0.513 e. The normalized spacial score (nSPS) is 14.6. The van der Waals surface area contributed by atoms with Crippen LogP contribution in [0.25, 0.3) is 0 Å². The number of hydrogen-bond acceptors (Lipinski definition) is 2. The summed E-state index contributed by atoms with van der Waals surface area (Å²) in [6.45, 7) is 0.957. The van der Waals surface area contributed by atoms with Crippen LogP contribution in [0.15, 0.2) is 0 Å². The summed E-state index contributed by atoms with van der Waals surface area (Å²) in [6, 6.07) is 0. The van der Waals surface area contributed by atoms with Gasteiger partial charge in [-0.15, -0.1) is 0 Å². The molecule has 0 aromatic rings. The molecule has 8 heteroatoms. The highest BCUT2D eigenvalue weighted by molar-refractivity contribution is 6.84. The Morgan fingerprint density at radius 2 is 1.00 bits per heavy atom. The average molecular weight is 248 g/mol. The first-order valence-corrected chi connectivity index (χ1v) is 7.71. The Labute approximate surface area is 84.4 Å². The number of hydrogen-bond donors (Lipinski definition) is 0. The van der Waals surface area contributed by atoms with Gasteiger partial charge in [0.25, 0.3) is 0 Å². The van der Waals surface area contributed by atoms with E-state index in [1.165, 1.54) is 0 Å². The molecule has 0 saturated carbocycles. The summed E-state index contributed by atoms with van der Waals surface area (Å²) < 4.78 is 54.9. The van der Waals surface area contributed by atoms with Crippen LogP contribution in [0.5, 0.6) is 0 Å². The van der Waals surface area contributed by atoms with Gasteiger partial charge in [-0.1, -0.05) is 6.92 Å².